The molecule has 1 aromatic carbocycles. The standard InChI is InChI=1S/C19H24BrN3O3S2.ClH/c1-12-10-17-16(11-18(20)27-17)13(2)23(12)9-8-21-19(24)14-4-6-15(7-5-14)22-28(3,25)26;/h4-7,11-13,22H,8-10H2,1-3H3,(H,21,24);1H. The Morgan fingerprint density at radius 2 is 1.93 bits per heavy atom. The Hall–Kier alpha value is -1.13. The van der Waals surface area contributed by atoms with E-state index in [1.165, 1.54) is 14.2 Å². The molecule has 0 aliphatic carbocycles. The third-order valence-corrected chi connectivity index (χ3v) is 7.19. The van der Waals surface area contributed by atoms with Crippen LogP contribution in [0.3, 0.4) is 0 Å². The second-order valence-corrected chi connectivity index (χ2v) is 11.4. The van der Waals surface area contributed by atoms with Crippen LogP contribution in [-0.4, -0.2) is 44.6 Å². The van der Waals surface area contributed by atoms with Crippen LogP contribution in [0.4, 0.5) is 5.69 Å². The summed E-state index contributed by atoms with van der Waals surface area (Å²) in [7, 11) is -3.33. The Kier molecular flexibility index (Phi) is 8.15. The maximum atomic E-state index is 12.4. The summed E-state index contributed by atoms with van der Waals surface area (Å²) in [6, 6.07) is 9.34. The van der Waals surface area contributed by atoms with Crippen molar-refractivity contribution in [2.45, 2.75) is 32.4 Å². The van der Waals surface area contributed by atoms with Gasteiger partial charge in [0.15, 0.2) is 0 Å². The molecule has 0 saturated carbocycles. The smallest absolute Gasteiger partial charge is 0.251 e. The lowest BCUT2D eigenvalue weighted by Gasteiger charge is -2.39. The lowest BCUT2D eigenvalue weighted by atomic mass is 9.96. The molecular weight excluding hydrogens is 498 g/mol. The molecule has 1 aliphatic heterocycles. The van der Waals surface area contributed by atoms with E-state index in [1.807, 2.05) is 11.3 Å². The molecule has 0 spiro atoms. The van der Waals surface area contributed by atoms with Crippen molar-refractivity contribution in [2.75, 3.05) is 24.1 Å². The molecule has 1 amide bonds. The Morgan fingerprint density at radius 1 is 1.28 bits per heavy atom. The van der Waals surface area contributed by atoms with Crippen LogP contribution in [0.1, 0.15) is 40.7 Å². The maximum Gasteiger partial charge on any atom is 0.251 e. The lowest BCUT2D eigenvalue weighted by molar-refractivity contribution is 0.0929. The van der Waals surface area contributed by atoms with Gasteiger partial charge in [-0.2, -0.15) is 0 Å². The number of anilines is 1. The van der Waals surface area contributed by atoms with E-state index in [0.717, 1.165) is 19.2 Å². The van der Waals surface area contributed by atoms with Gasteiger partial charge >= 0.3 is 0 Å². The van der Waals surface area contributed by atoms with Crippen LogP contribution in [0.25, 0.3) is 0 Å². The van der Waals surface area contributed by atoms with Crippen LogP contribution < -0.4 is 10.0 Å². The first-order valence-electron chi connectivity index (χ1n) is 9.04. The minimum absolute atomic E-state index is 0. The second kappa shape index (κ2) is 9.78. The minimum Gasteiger partial charge on any atom is -0.351 e. The van der Waals surface area contributed by atoms with E-state index in [4.69, 9.17) is 0 Å². The summed E-state index contributed by atoms with van der Waals surface area (Å²) in [4.78, 5) is 16.2. The van der Waals surface area contributed by atoms with Crippen molar-refractivity contribution < 1.29 is 13.2 Å². The van der Waals surface area contributed by atoms with Gasteiger partial charge in [0.1, 0.15) is 0 Å². The highest BCUT2D eigenvalue weighted by molar-refractivity contribution is 9.11. The van der Waals surface area contributed by atoms with E-state index in [2.05, 4.69) is 50.8 Å². The molecule has 2 unspecified atom stereocenters. The minimum atomic E-state index is -3.33. The summed E-state index contributed by atoms with van der Waals surface area (Å²) in [5, 5.41) is 2.96. The van der Waals surface area contributed by atoms with Gasteiger partial charge in [-0.25, -0.2) is 8.42 Å². The quantitative estimate of drug-likeness (QED) is 0.600. The van der Waals surface area contributed by atoms with E-state index >= 15 is 0 Å². The normalized spacial score (nSPS) is 19.2. The van der Waals surface area contributed by atoms with Gasteiger partial charge in [-0.15, -0.1) is 23.7 Å². The van der Waals surface area contributed by atoms with E-state index < -0.39 is 10.0 Å². The number of rotatable bonds is 6. The molecule has 29 heavy (non-hydrogen) atoms. The van der Waals surface area contributed by atoms with E-state index in [-0.39, 0.29) is 18.3 Å². The largest absolute Gasteiger partial charge is 0.351 e. The fraction of sp³-hybridized carbons (Fsp3) is 0.421. The first-order chi connectivity index (χ1) is 13.1. The summed E-state index contributed by atoms with van der Waals surface area (Å²) in [6.07, 6.45) is 2.12. The molecule has 0 radical (unpaired) electrons. The van der Waals surface area contributed by atoms with Crippen LogP contribution >= 0.6 is 39.7 Å². The molecule has 160 valence electrons. The summed E-state index contributed by atoms with van der Waals surface area (Å²) in [6.45, 7) is 5.76. The van der Waals surface area contributed by atoms with Gasteiger partial charge in [0.05, 0.1) is 10.0 Å². The molecule has 2 N–H and O–H groups in total. The fourth-order valence-electron chi connectivity index (χ4n) is 3.59. The number of halogens is 2. The van der Waals surface area contributed by atoms with E-state index in [0.29, 0.717) is 29.9 Å². The van der Waals surface area contributed by atoms with Gasteiger partial charge in [-0.1, -0.05) is 0 Å². The Bertz CT molecular complexity index is 964. The lowest BCUT2D eigenvalue weighted by Crippen LogP contribution is -2.44. The number of fused-ring (bicyclic) bond motifs is 1. The van der Waals surface area contributed by atoms with Crippen molar-refractivity contribution in [3.8, 4) is 0 Å². The van der Waals surface area contributed by atoms with E-state index in [1.54, 1.807) is 24.3 Å². The van der Waals surface area contributed by atoms with Crippen molar-refractivity contribution in [2.24, 2.45) is 0 Å². The topological polar surface area (TPSA) is 78.5 Å². The monoisotopic (exact) mass is 521 g/mol. The Balaban J connectivity index is 0.00000300. The van der Waals surface area contributed by atoms with Gasteiger partial charge in [-0.3, -0.25) is 14.4 Å². The zero-order valence-electron chi connectivity index (χ0n) is 16.4. The highest BCUT2D eigenvalue weighted by atomic mass is 79.9. The molecular formula is C19H25BrClN3O3S2. The molecule has 2 aromatic rings. The van der Waals surface area contributed by atoms with Crippen molar-refractivity contribution in [1.29, 1.82) is 0 Å². The van der Waals surface area contributed by atoms with Crippen molar-refractivity contribution in [3.05, 3.63) is 50.1 Å². The number of benzene rings is 1. The number of amides is 1. The molecule has 1 aromatic heterocycles. The van der Waals surface area contributed by atoms with Gasteiger partial charge in [0.25, 0.3) is 5.91 Å². The van der Waals surface area contributed by atoms with Crippen molar-refractivity contribution in [3.63, 3.8) is 0 Å². The maximum absolute atomic E-state index is 12.4. The number of nitrogens with zero attached hydrogens (tertiary/aromatic N) is 1. The molecule has 3 rings (SSSR count). The highest BCUT2D eigenvalue weighted by Gasteiger charge is 2.30. The number of carbonyl (C=O) groups is 1. The third-order valence-electron chi connectivity index (χ3n) is 4.91. The number of sulfonamides is 1. The fourth-order valence-corrected chi connectivity index (χ4v) is 6.08. The Labute approximate surface area is 190 Å². The molecule has 0 bridgehead atoms. The molecule has 0 saturated heterocycles. The number of hydrogen-bond donors (Lipinski definition) is 2. The predicted octanol–water partition coefficient (Wildman–Crippen LogP) is 4.04. The number of nitrogens with one attached hydrogen (secondary N) is 2. The van der Waals surface area contributed by atoms with Crippen molar-refractivity contribution in [1.82, 2.24) is 10.2 Å². The molecule has 2 heterocycles. The molecule has 10 heteroatoms. The zero-order chi connectivity index (χ0) is 20.5. The van der Waals surface area contributed by atoms with Crippen molar-refractivity contribution >= 4 is 61.3 Å². The number of thiophene rings is 1. The zero-order valence-corrected chi connectivity index (χ0v) is 20.5. The summed E-state index contributed by atoms with van der Waals surface area (Å²) >= 11 is 5.39. The number of hydrogen-bond acceptors (Lipinski definition) is 5. The summed E-state index contributed by atoms with van der Waals surface area (Å²) < 4.78 is 26.0. The van der Waals surface area contributed by atoms with Crippen LogP contribution in [0.2, 0.25) is 0 Å². The van der Waals surface area contributed by atoms with Gasteiger partial charge < -0.3 is 5.32 Å². The average molecular weight is 523 g/mol. The SMILES string of the molecule is CC1Cc2sc(Br)cc2C(C)N1CCNC(=O)c1ccc(NS(C)(=O)=O)cc1.Cl. The summed E-state index contributed by atoms with van der Waals surface area (Å²) in [5.74, 6) is -0.165. The average Bonchev–Trinajstić information content (AvgIpc) is 2.97. The molecule has 2 atom stereocenters. The number of carbonyl (C=O) groups excluding carboxylic acids is 1. The van der Waals surface area contributed by atoms with Crippen LogP contribution in [0.5, 0.6) is 0 Å². The molecule has 6 nitrogen and oxygen atoms in total. The molecule has 1 aliphatic rings. The van der Waals surface area contributed by atoms with E-state index in [9.17, 15) is 13.2 Å². The van der Waals surface area contributed by atoms with Crippen LogP contribution in [0.15, 0.2) is 34.1 Å². The highest BCUT2D eigenvalue weighted by Crippen LogP contribution is 2.39. The first-order valence-corrected chi connectivity index (χ1v) is 12.5. The van der Waals surface area contributed by atoms with Gasteiger partial charge in [0, 0.05) is 41.3 Å². The van der Waals surface area contributed by atoms with Gasteiger partial charge in [-0.05, 0) is 72.1 Å². The Morgan fingerprint density at radius 3 is 2.55 bits per heavy atom. The summed E-state index contributed by atoms with van der Waals surface area (Å²) in [5.41, 5.74) is 2.31. The van der Waals surface area contributed by atoms with Crippen LogP contribution in [-0.2, 0) is 16.4 Å². The van der Waals surface area contributed by atoms with Gasteiger partial charge in [0.2, 0.25) is 10.0 Å². The van der Waals surface area contributed by atoms with Crippen LogP contribution in [0, 0.1) is 0 Å². The first kappa shape index (κ1) is 24.1. The third kappa shape index (κ3) is 6.18. The molecule has 0 fully saturated rings. The predicted molar refractivity (Wildman–Crippen MR) is 125 cm³/mol. The second-order valence-electron chi connectivity index (χ2n) is 7.10.